The lowest BCUT2D eigenvalue weighted by molar-refractivity contribution is 0.398. The monoisotopic (exact) mass is 332 g/mol. The van der Waals surface area contributed by atoms with Gasteiger partial charge in [0, 0.05) is 22.4 Å². The second-order valence-corrected chi connectivity index (χ2v) is 6.66. The molecule has 1 aliphatic carbocycles. The maximum Gasteiger partial charge on any atom is 0.212 e. The topological polar surface area (TPSA) is 33.6 Å². The van der Waals surface area contributed by atoms with Gasteiger partial charge in [0.05, 0.1) is 12.5 Å². The van der Waals surface area contributed by atoms with Crippen LogP contribution in [0.15, 0.2) is 41.0 Å². The SMILES string of the molecule is COC1=NC(SC)NC(C2(C#Cc3ccc(Cl)cc3)CC2)=C1. The highest BCUT2D eigenvalue weighted by atomic mass is 35.5. The van der Waals surface area contributed by atoms with Crippen LogP contribution >= 0.6 is 23.4 Å². The molecular weight excluding hydrogens is 316 g/mol. The number of allylic oxidation sites excluding steroid dienone is 1. The van der Waals surface area contributed by atoms with Crippen molar-refractivity contribution in [3.63, 3.8) is 0 Å². The van der Waals surface area contributed by atoms with E-state index in [0.29, 0.717) is 5.90 Å². The van der Waals surface area contributed by atoms with Gasteiger partial charge in [0.2, 0.25) is 5.90 Å². The number of nitrogens with one attached hydrogen (secondary N) is 1. The molecule has 0 radical (unpaired) electrons. The molecule has 1 saturated carbocycles. The minimum absolute atomic E-state index is 0.00948. The Hall–Kier alpha value is -1.57. The number of thioether (sulfide) groups is 1. The number of ether oxygens (including phenoxy) is 1. The normalized spacial score (nSPS) is 21.7. The van der Waals surface area contributed by atoms with Crippen molar-refractivity contribution in [2.45, 2.75) is 18.3 Å². The van der Waals surface area contributed by atoms with Gasteiger partial charge in [0.1, 0.15) is 0 Å². The molecular formula is C17H17ClN2OS. The predicted octanol–water partition coefficient (Wildman–Crippen LogP) is 3.65. The van der Waals surface area contributed by atoms with Crippen molar-refractivity contribution in [2.24, 2.45) is 10.4 Å². The third kappa shape index (κ3) is 3.26. The third-order valence-electron chi connectivity index (χ3n) is 3.78. The fourth-order valence-corrected chi connectivity index (χ4v) is 2.87. The lowest BCUT2D eigenvalue weighted by atomic mass is 10.0. The van der Waals surface area contributed by atoms with Crippen LogP contribution in [-0.4, -0.2) is 24.8 Å². The predicted molar refractivity (Wildman–Crippen MR) is 93.0 cm³/mol. The minimum Gasteiger partial charge on any atom is -0.481 e. The van der Waals surface area contributed by atoms with Gasteiger partial charge in [0.25, 0.3) is 0 Å². The molecule has 1 heterocycles. The van der Waals surface area contributed by atoms with Gasteiger partial charge in [-0.3, -0.25) is 0 Å². The van der Waals surface area contributed by atoms with Crippen LogP contribution < -0.4 is 5.32 Å². The highest BCUT2D eigenvalue weighted by Gasteiger charge is 2.46. The van der Waals surface area contributed by atoms with Crippen molar-refractivity contribution < 1.29 is 4.74 Å². The first kappa shape index (κ1) is 15.3. The molecule has 0 spiro atoms. The van der Waals surface area contributed by atoms with Gasteiger partial charge in [0.15, 0.2) is 5.50 Å². The molecule has 1 aromatic rings. The molecule has 1 N–H and O–H groups in total. The molecule has 0 saturated heterocycles. The van der Waals surface area contributed by atoms with Crippen LogP contribution in [0.3, 0.4) is 0 Å². The molecule has 3 nitrogen and oxygen atoms in total. The molecule has 1 aliphatic heterocycles. The lowest BCUT2D eigenvalue weighted by Crippen LogP contribution is -2.33. The number of methoxy groups -OCH3 is 1. The standard InChI is InChI=1S/C17H17ClN2OS/c1-21-15-11-14(19-16(20-15)22-2)17(9-10-17)8-7-12-3-5-13(18)6-4-12/h3-6,11,16,19H,9-10H2,1-2H3. The molecule has 3 rings (SSSR count). The van der Waals surface area contributed by atoms with Gasteiger partial charge >= 0.3 is 0 Å². The van der Waals surface area contributed by atoms with E-state index in [2.05, 4.69) is 22.2 Å². The van der Waals surface area contributed by atoms with Crippen molar-refractivity contribution in [2.75, 3.05) is 13.4 Å². The summed E-state index contributed by atoms with van der Waals surface area (Å²) in [5, 5.41) is 4.18. The lowest BCUT2D eigenvalue weighted by Gasteiger charge is -2.25. The Morgan fingerprint density at radius 2 is 2.09 bits per heavy atom. The number of nitrogens with zero attached hydrogens (tertiary/aromatic N) is 1. The molecule has 114 valence electrons. The van der Waals surface area contributed by atoms with Crippen LogP contribution in [0.1, 0.15) is 18.4 Å². The molecule has 2 aliphatic rings. The first-order chi connectivity index (χ1) is 10.6. The Kier molecular flexibility index (Phi) is 4.37. The van der Waals surface area contributed by atoms with E-state index < -0.39 is 0 Å². The van der Waals surface area contributed by atoms with Gasteiger partial charge in [-0.1, -0.05) is 23.4 Å². The fourth-order valence-electron chi connectivity index (χ4n) is 2.29. The number of hydrogen-bond donors (Lipinski definition) is 1. The number of halogens is 1. The summed E-state index contributed by atoms with van der Waals surface area (Å²) in [6, 6.07) is 7.62. The zero-order chi connectivity index (χ0) is 15.6. The van der Waals surface area contributed by atoms with Gasteiger partial charge < -0.3 is 10.1 Å². The van der Waals surface area contributed by atoms with Gasteiger partial charge in [-0.05, 0) is 43.4 Å². The molecule has 0 aromatic heterocycles. The molecule has 1 aromatic carbocycles. The van der Waals surface area contributed by atoms with Crippen molar-refractivity contribution >= 4 is 29.3 Å². The van der Waals surface area contributed by atoms with Crippen molar-refractivity contribution in [1.29, 1.82) is 0 Å². The van der Waals surface area contributed by atoms with E-state index in [1.54, 1.807) is 18.9 Å². The molecule has 1 unspecified atom stereocenters. The third-order valence-corrected chi connectivity index (χ3v) is 4.70. The van der Waals surface area contributed by atoms with Crippen molar-refractivity contribution in [1.82, 2.24) is 5.32 Å². The van der Waals surface area contributed by atoms with Crippen LogP contribution in [0.4, 0.5) is 0 Å². The average Bonchev–Trinajstić information content (AvgIpc) is 3.35. The van der Waals surface area contributed by atoms with Crippen molar-refractivity contribution in [3.8, 4) is 11.8 Å². The molecule has 0 amide bonds. The first-order valence-electron chi connectivity index (χ1n) is 7.07. The Balaban J connectivity index is 1.84. The zero-order valence-electron chi connectivity index (χ0n) is 12.5. The summed E-state index contributed by atoms with van der Waals surface area (Å²) in [6.45, 7) is 0. The molecule has 1 fully saturated rings. The number of hydrogen-bond acceptors (Lipinski definition) is 4. The second kappa shape index (κ2) is 6.28. The summed E-state index contributed by atoms with van der Waals surface area (Å²) in [4.78, 5) is 4.45. The summed E-state index contributed by atoms with van der Waals surface area (Å²) in [6.07, 6.45) is 6.11. The maximum atomic E-state index is 5.90. The largest absolute Gasteiger partial charge is 0.481 e. The summed E-state index contributed by atoms with van der Waals surface area (Å²) in [5.74, 6) is 7.34. The van der Waals surface area contributed by atoms with Crippen LogP contribution in [0.5, 0.6) is 0 Å². The van der Waals surface area contributed by atoms with Crippen LogP contribution in [0.2, 0.25) is 5.02 Å². The summed E-state index contributed by atoms with van der Waals surface area (Å²) in [7, 11) is 1.65. The highest BCUT2D eigenvalue weighted by molar-refractivity contribution is 7.99. The molecule has 22 heavy (non-hydrogen) atoms. The number of benzene rings is 1. The van der Waals surface area contributed by atoms with Gasteiger partial charge in [-0.25, -0.2) is 4.99 Å². The van der Waals surface area contributed by atoms with Gasteiger partial charge in [-0.15, -0.1) is 11.8 Å². The Morgan fingerprint density at radius 3 is 2.68 bits per heavy atom. The zero-order valence-corrected chi connectivity index (χ0v) is 14.1. The second-order valence-electron chi connectivity index (χ2n) is 5.30. The van der Waals surface area contributed by atoms with E-state index >= 15 is 0 Å². The highest BCUT2D eigenvalue weighted by Crippen LogP contribution is 2.51. The minimum atomic E-state index is -0.0899. The Labute approximate surface area is 140 Å². The molecule has 5 heteroatoms. The summed E-state index contributed by atoms with van der Waals surface area (Å²) in [5.41, 5.74) is 1.99. The van der Waals surface area contributed by atoms with E-state index in [9.17, 15) is 0 Å². The average molecular weight is 333 g/mol. The first-order valence-corrected chi connectivity index (χ1v) is 8.74. The van der Waals surface area contributed by atoms with E-state index in [0.717, 1.165) is 29.1 Å². The van der Waals surface area contributed by atoms with Crippen LogP contribution in [0.25, 0.3) is 0 Å². The van der Waals surface area contributed by atoms with E-state index in [1.807, 2.05) is 36.6 Å². The fraction of sp³-hybridized carbons (Fsp3) is 0.353. The van der Waals surface area contributed by atoms with Gasteiger partial charge in [-0.2, -0.15) is 0 Å². The summed E-state index contributed by atoms with van der Waals surface area (Å²) < 4.78 is 5.31. The Morgan fingerprint density at radius 1 is 1.36 bits per heavy atom. The van der Waals surface area contributed by atoms with E-state index in [1.165, 1.54) is 0 Å². The maximum absolute atomic E-state index is 5.90. The summed E-state index contributed by atoms with van der Waals surface area (Å²) >= 11 is 7.55. The van der Waals surface area contributed by atoms with Crippen LogP contribution in [0, 0.1) is 17.3 Å². The van der Waals surface area contributed by atoms with E-state index in [-0.39, 0.29) is 10.9 Å². The van der Waals surface area contributed by atoms with Crippen molar-refractivity contribution in [3.05, 3.63) is 46.6 Å². The Bertz CT molecular complexity index is 681. The smallest absolute Gasteiger partial charge is 0.212 e. The molecule has 1 atom stereocenters. The number of rotatable bonds is 2. The quantitative estimate of drug-likeness (QED) is 0.839. The van der Waals surface area contributed by atoms with E-state index in [4.69, 9.17) is 16.3 Å². The van der Waals surface area contributed by atoms with Crippen LogP contribution in [-0.2, 0) is 4.74 Å². The molecule has 0 bridgehead atoms. The number of aliphatic imine (C=N–C) groups is 1.